The molecule has 1 aromatic heterocycles. The summed E-state index contributed by atoms with van der Waals surface area (Å²) < 4.78 is 13.9. The van der Waals surface area contributed by atoms with E-state index in [1.165, 1.54) is 12.1 Å². The van der Waals surface area contributed by atoms with Crippen molar-refractivity contribution >= 4 is 44.9 Å². The number of nitrogens with zero attached hydrogens (tertiary/aromatic N) is 1. The molecule has 0 aliphatic carbocycles. The van der Waals surface area contributed by atoms with Gasteiger partial charge in [-0.05, 0) is 54.6 Å². The molecule has 1 heterocycles. The van der Waals surface area contributed by atoms with E-state index in [0.717, 1.165) is 33.0 Å². The molecular weight excluding hydrogens is 331 g/mol. The number of anilines is 1. The molecule has 0 aliphatic heterocycles. The fourth-order valence-electron chi connectivity index (χ4n) is 2.11. The average molecular weight is 346 g/mol. The van der Waals surface area contributed by atoms with Crippen LogP contribution in [0.4, 0.5) is 10.1 Å². The van der Waals surface area contributed by atoms with Crippen LogP contribution in [0.1, 0.15) is 12.8 Å². The number of hydrogen-bond donors (Lipinski definition) is 1. The molecule has 0 aliphatic rings. The summed E-state index contributed by atoms with van der Waals surface area (Å²) in [5.41, 5.74) is 3.55. The molecule has 0 spiro atoms. The SMILES string of the molecule is O=C(CCCSc1ccc(F)cc1)Nc1ccc2ncsc2c1. The predicted octanol–water partition coefficient (Wildman–Crippen LogP) is 4.95. The third-order valence-corrected chi connectivity index (χ3v) is 5.14. The van der Waals surface area contributed by atoms with Gasteiger partial charge in [0.2, 0.25) is 5.91 Å². The zero-order chi connectivity index (χ0) is 16.1. The molecule has 0 fully saturated rings. The second-order valence-electron chi connectivity index (χ2n) is 4.99. The Morgan fingerprint density at radius 2 is 2.04 bits per heavy atom. The third kappa shape index (κ3) is 4.53. The molecule has 6 heteroatoms. The largest absolute Gasteiger partial charge is 0.326 e. The molecule has 0 radical (unpaired) electrons. The van der Waals surface area contributed by atoms with Crippen molar-refractivity contribution in [3.63, 3.8) is 0 Å². The molecule has 1 N–H and O–H groups in total. The van der Waals surface area contributed by atoms with Crippen molar-refractivity contribution in [3.05, 3.63) is 53.8 Å². The van der Waals surface area contributed by atoms with Crippen molar-refractivity contribution in [1.82, 2.24) is 4.98 Å². The van der Waals surface area contributed by atoms with Crippen LogP contribution in [-0.4, -0.2) is 16.6 Å². The number of aromatic nitrogens is 1. The molecule has 2 aromatic carbocycles. The number of amides is 1. The van der Waals surface area contributed by atoms with Gasteiger partial charge in [0.15, 0.2) is 0 Å². The van der Waals surface area contributed by atoms with Crippen molar-refractivity contribution < 1.29 is 9.18 Å². The van der Waals surface area contributed by atoms with Crippen LogP contribution in [-0.2, 0) is 4.79 Å². The Morgan fingerprint density at radius 3 is 2.87 bits per heavy atom. The number of carbonyl (C=O) groups is 1. The Kier molecular flexibility index (Phi) is 5.25. The highest BCUT2D eigenvalue weighted by molar-refractivity contribution is 7.99. The number of rotatable bonds is 6. The van der Waals surface area contributed by atoms with Crippen LogP contribution in [0.25, 0.3) is 10.2 Å². The lowest BCUT2D eigenvalue weighted by Gasteiger charge is -2.05. The average Bonchev–Trinajstić information content (AvgIpc) is 3.01. The van der Waals surface area contributed by atoms with Crippen molar-refractivity contribution in [2.24, 2.45) is 0 Å². The summed E-state index contributed by atoms with van der Waals surface area (Å²) in [6.45, 7) is 0. The number of thiazole rings is 1. The Labute approximate surface area is 141 Å². The van der Waals surface area contributed by atoms with Crippen LogP contribution in [0, 0.1) is 5.82 Å². The van der Waals surface area contributed by atoms with E-state index in [-0.39, 0.29) is 11.7 Å². The second-order valence-corrected chi connectivity index (χ2v) is 7.04. The lowest BCUT2D eigenvalue weighted by molar-refractivity contribution is -0.116. The maximum atomic E-state index is 12.8. The maximum absolute atomic E-state index is 12.8. The van der Waals surface area contributed by atoms with Gasteiger partial charge in [-0.25, -0.2) is 9.37 Å². The van der Waals surface area contributed by atoms with Gasteiger partial charge < -0.3 is 5.32 Å². The minimum Gasteiger partial charge on any atom is -0.326 e. The Balaban J connectivity index is 1.43. The van der Waals surface area contributed by atoms with E-state index in [2.05, 4.69) is 10.3 Å². The van der Waals surface area contributed by atoms with Gasteiger partial charge in [0.1, 0.15) is 5.82 Å². The molecule has 0 saturated heterocycles. The van der Waals surface area contributed by atoms with Crippen LogP contribution < -0.4 is 5.32 Å². The standard InChI is InChI=1S/C17H15FN2OS2/c18-12-3-6-14(7-4-12)22-9-1-2-17(21)20-13-5-8-15-16(10-13)23-11-19-15/h3-8,10-11H,1-2,9H2,(H,20,21). The van der Waals surface area contributed by atoms with Crippen molar-refractivity contribution in [1.29, 1.82) is 0 Å². The normalized spacial score (nSPS) is 10.8. The highest BCUT2D eigenvalue weighted by atomic mass is 32.2. The predicted molar refractivity (Wildman–Crippen MR) is 94.6 cm³/mol. The minimum atomic E-state index is -0.230. The van der Waals surface area contributed by atoms with E-state index >= 15 is 0 Å². The van der Waals surface area contributed by atoms with Gasteiger partial charge >= 0.3 is 0 Å². The summed E-state index contributed by atoms with van der Waals surface area (Å²) in [6, 6.07) is 12.1. The third-order valence-electron chi connectivity index (χ3n) is 3.25. The molecule has 0 saturated carbocycles. The molecule has 0 atom stereocenters. The maximum Gasteiger partial charge on any atom is 0.224 e. The first-order valence-corrected chi connectivity index (χ1v) is 9.09. The molecule has 3 aromatic rings. The number of nitrogens with one attached hydrogen (secondary N) is 1. The number of benzene rings is 2. The van der Waals surface area contributed by atoms with Gasteiger partial charge in [0, 0.05) is 17.0 Å². The topological polar surface area (TPSA) is 42.0 Å². The summed E-state index contributed by atoms with van der Waals surface area (Å²) >= 11 is 3.18. The quantitative estimate of drug-likeness (QED) is 0.507. The fraction of sp³-hybridized carbons (Fsp3) is 0.176. The van der Waals surface area contributed by atoms with E-state index in [0.29, 0.717) is 6.42 Å². The summed E-state index contributed by atoms with van der Waals surface area (Å²) in [7, 11) is 0. The van der Waals surface area contributed by atoms with Gasteiger partial charge in [0.05, 0.1) is 15.7 Å². The summed E-state index contributed by atoms with van der Waals surface area (Å²) in [5.74, 6) is 0.604. The van der Waals surface area contributed by atoms with E-state index in [4.69, 9.17) is 0 Å². The molecule has 3 nitrogen and oxygen atoms in total. The van der Waals surface area contributed by atoms with Gasteiger partial charge in [0.25, 0.3) is 0 Å². The molecule has 0 unspecified atom stereocenters. The van der Waals surface area contributed by atoms with E-state index in [1.807, 2.05) is 18.2 Å². The van der Waals surface area contributed by atoms with Crippen LogP contribution in [0.3, 0.4) is 0 Å². The van der Waals surface area contributed by atoms with Gasteiger partial charge in [-0.15, -0.1) is 23.1 Å². The molecule has 1 amide bonds. The van der Waals surface area contributed by atoms with Crippen LogP contribution in [0.5, 0.6) is 0 Å². The van der Waals surface area contributed by atoms with Gasteiger partial charge in [-0.1, -0.05) is 0 Å². The van der Waals surface area contributed by atoms with Crippen LogP contribution >= 0.6 is 23.1 Å². The Morgan fingerprint density at radius 1 is 1.22 bits per heavy atom. The zero-order valence-electron chi connectivity index (χ0n) is 12.3. The molecular formula is C17H15FN2OS2. The smallest absolute Gasteiger partial charge is 0.224 e. The first-order valence-electron chi connectivity index (χ1n) is 7.22. The van der Waals surface area contributed by atoms with Crippen LogP contribution in [0.2, 0.25) is 0 Å². The number of halogens is 1. The van der Waals surface area contributed by atoms with E-state index < -0.39 is 0 Å². The van der Waals surface area contributed by atoms with Crippen molar-refractivity contribution in [3.8, 4) is 0 Å². The van der Waals surface area contributed by atoms with Gasteiger partial charge in [-0.3, -0.25) is 4.79 Å². The van der Waals surface area contributed by atoms with E-state index in [1.54, 1.807) is 40.7 Å². The lowest BCUT2D eigenvalue weighted by atomic mass is 10.2. The summed E-state index contributed by atoms with van der Waals surface area (Å²) in [5, 5.41) is 2.91. The summed E-state index contributed by atoms with van der Waals surface area (Å²) in [6.07, 6.45) is 1.24. The molecule has 118 valence electrons. The molecule has 0 bridgehead atoms. The second kappa shape index (κ2) is 7.57. The Hall–Kier alpha value is -1.92. The van der Waals surface area contributed by atoms with Crippen molar-refractivity contribution in [2.45, 2.75) is 17.7 Å². The van der Waals surface area contributed by atoms with Crippen LogP contribution in [0.15, 0.2) is 52.9 Å². The van der Waals surface area contributed by atoms with E-state index in [9.17, 15) is 9.18 Å². The zero-order valence-corrected chi connectivity index (χ0v) is 13.9. The number of fused-ring (bicyclic) bond motifs is 1. The summed E-state index contributed by atoms with van der Waals surface area (Å²) in [4.78, 5) is 17.2. The molecule has 23 heavy (non-hydrogen) atoms. The number of hydrogen-bond acceptors (Lipinski definition) is 4. The number of carbonyl (C=O) groups excluding carboxylic acids is 1. The Bertz CT molecular complexity index is 802. The molecule has 3 rings (SSSR count). The lowest BCUT2D eigenvalue weighted by Crippen LogP contribution is -2.11. The number of thioether (sulfide) groups is 1. The highest BCUT2D eigenvalue weighted by Gasteiger charge is 2.04. The van der Waals surface area contributed by atoms with Gasteiger partial charge in [-0.2, -0.15) is 0 Å². The monoisotopic (exact) mass is 346 g/mol. The first-order chi connectivity index (χ1) is 11.2. The first kappa shape index (κ1) is 16.0. The highest BCUT2D eigenvalue weighted by Crippen LogP contribution is 2.22. The van der Waals surface area contributed by atoms with Crippen molar-refractivity contribution in [2.75, 3.05) is 11.1 Å². The minimum absolute atomic E-state index is 0.00794. The fourth-order valence-corrected chi connectivity index (χ4v) is 3.68.